The maximum Gasteiger partial charge on any atom is 1.00 e. The fourth-order valence-electron chi connectivity index (χ4n) is 2.17. The molecule has 1 heterocycles. The molecule has 0 saturated heterocycles. The second-order valence-corrected chi connectivity index (χ2v) is 9.65. The Kier molecular flexibility index (Phi) is 14.6. The molecule has 0 amide bonds. The SMILES string of the molecule is CCCCCCCCc1cn(CC(O)(P(=O)([O-])O)P(=O)([O-])O)nn1.[Na+].[Na+]. The van der Waals surface area contributed by atoms with Gasteiger partial charge in [-0.15, -0.1) is 5.10 Å². The first-order valence-corrected chi connectivity index (χ1v) is 10.9. The number of rotatable bonds is 11. The third-order valence-corrected chi connectivity index (χ3v) is 7.26. The van der Waals surface area contributed by atoms with E-state index in [4.69, 9.17) is 9.79 Å². The maximum absolute atomic E-state index is 11.1. The van der Waals surface area contributed by atoms with Crippen LogP contribution in [0, 0.1) is 0 Å². The summed E-state index contributed by atoms with van der Waals surface area (Å²) >= 11 is 0. The fourth-order valence-corrected chi connectivity index (χ4v) is 4.10. The summed E-state index contributed by atoms with van der Waals surface area (Å²) in [6, 6.07) is 0. The summed E-state index contributed by atoms with van der Waals surface area (Å²) in [4.78, 5) is 40.2. The zero-order valence-electron chi connectivity index (χ0n) is 15.4. The number of unbranched alkanes of at least 4 members (excludes halogenated alkanes) is 5. The molecule has 0 aliphatic heterocycles. The smallest absolute Gasteiger partial charge is 0.776 e. The summed E-state index contributed by atoms with van der Waals surface area (Å²) < 4.78 is 23.1. The predicted octanol–water partition coefficient (Wildman–Crippen LogP) is -6.07. The molecule has 1 aromatic rings. The molecule has 0 bridgehead atoms. The van der Waals surface area contributed by atoms with E-state index in [1.54, 1.807) is 0 Å². The predicted molar refractivity (Wildman–Crippen MR) is 81.7 cm³/mol. The molecule has 1 aromatic heterocycles. The molecule has 14 heteroatoms. The van der Waals surface area contributed by atoms with E-state index >= 15 is 0 Å². The van der Waals surface area contributed by atoms with Gasteiger partial charge in [-0.25, -0.2) is 4.68 Å². The van der Waals surface area contributed by atoms with Crippen molar-refractivity contribution in [1.82, 2.24) is 15.0 Å². The van der Waals surface area contributed by atoms with E-state index < -0.39 is 26.8 Å². The molecule has 1 rings (SSSR count). The molecule has 2 atom stereocenters. The van der Waals surface area contributed by atoms with E-state index in [1.165, 1.54) is 12.6 Å². The molecule has 10 nitrogen and oxygen atoms in total. The molecule has 3 N–H and O–H groups in total. The Morgan fingerprint density at radius 2 is 1.58 bits per heavy atom. The van der Waals surface area contributed by atoms with Gasteiger partial charge in [-0.2, -0.15) is 0 Å². The Bertz CT molecular complexity index is 598. The van der Waals surface area contributed by atoms with Gasteiger partial charge >= 0.3 is 59.1 Å². The number of aryl methyl sites for hydroxylation is 1. The van der Waals surface area contributed by atoms with Gasteiger partial charge < -0.3 is 33.8 Å². The minimum atomic E-state index is -5.81. The largest absolute Gasteiger partial charge is 1.00 e. The van der Waals surface area contributed by atoms with Crippen LogP contribution in [0.15, 0.2) is 6.20 Å². The normalized spacial score (nSPS) is 17.9. The van der Waals surface area contributed by atoms with Gasteiger partial charge in [-0.05, 0) is 12.8 Å². The summed E-state index contributed by atoms with van der Waals surface area (Å²) in [5.41, 5.74) is 0.491. The molecular weight excluding hydrogens is 406 g/mol. The molecule has 0 radical (unpaired) electrons. The van der Waals surface area contributed by atoms with E-state index in [2.05, 4.69) is 17.2 Å². The van der Waals surface area contributed by atoms with Crippen molar-refractivity contribution in [3.8, 4) is 0 Å². The van der Waals surface area contributed by atoms with Crippen molar-refractivity contribution >= 4 is 15.2 Å². The van der Waals surface area contributed by atoms with Crippen molar-refractivity contribution < 1.29 is 92.9 Å². The van der Waals surface area contributed by atoms with Crippen LogP contribution in [0.5, 0.6) is 0 Å². The van der Waals surface area contributed by atoms with Gasteiger partial charge in [0.05, 0.1) is 12.2 Å². The van der Waals surface area contributed by atoms with Gasteiger partial charge in [0.2, 0.25) is 5.08 Å². The molecular formula is C12H23N3Na2O7P2. The summed E-state index contributed by atoms with van der Waals surface area (Å²) in [6.45, 7) is 0.949. The van der Waals surface area contributed by atoms with Crippen LogP contribution in [0.4, 0.5) is 0 Å². The zero-order chi connectivity index (χ0) is 18.4. The first-order chi connectivity index (χ1) is 11.0. The third-order valence-electron chi connectivity index (χ3n) is 3.65. The van der Waals surface area contributed by atoms with Crippen molar-refractivity contribution in [2.45, 2.75) is 63.5 Å². The Morgan fingerprint density at radius 3 is 2.08 bits per heavy atom. The van der Waals surface area contributed by atoms with E-state index in [0.717, 1.165) is 36.8 Å². The van der Waals surface area contributed by atoms with Crippen molar-refractivity contribution in [2.24, 2.45) is 0 Å². The van der Waals surface area contributed by atoms with Crippen molar-refractivity contribution in [2.75, 3.05) is 0 Å². The summed E-state index contributed by atoms with van der Waals surface area (Å²) in [6.07, 6.45) is 8.25. The standard InChI is InChI=1S/C12H25N3O7P2.2Na/c1-2-3-4-5-6-7-8-11-9-15(14-13-11)10-12(16,23(17,18)19)24(20,21)22;;/h9,16H,2-8,10H2,1H3,(H2,17,18,19)(H2,20,21,22);;/q;2*+1/p-2. The van der Waals surface area contributed by atoms with E-state index in [9.17, 15) is 24.0 Å². The van der Waals surface area contributed by atoms with Gasteiger partial charge in [0.15, 0.2) is 15.2 Å². The Morgan fingerprint density at radius 1 is 1.08 bits per heavy atom. The van der Waals surface area contributed by atoms with Crippen LogP contribution < -0.4 is 68.9 Å². The summed E-state index contributed by atoms with van der Waals surface area (Å²) in [5.74, 6) is 0. The molecule has 0 fully saturated rings. The van der Waals surface area contributed by atoms with Gasteiger partial charge in [-0.3, -0.25) is 0 Å². The fraction of sp³-hybridized carbons (Fsp3) is 0.833. The van der Waals surface area contributed by atoms with E-state index in [-0.39, 0.29) is 59.1 Å². The monoisotopic (exact) mass is 429 g/mol. The number of aliphatic hydroxyl groups is 1. The van der Waals surface area contributed by atoms with Crippen molar-refractivity contribution in [3.63, 3.8) is 0 Å². The van der Waals surface area contributed by atoms with Crippen LogP contribution in [0.25, 0.3) is 0 Å². The maximum atomic E-state index is 11.1. The molecule has 0 aliphatic rings. The van der Waals surface area contributed by atoms with Crippen molar-refractivity contribution in [1.29, 1.82) is 0 Å². The quantitative estimate of drug-likeness (QED) is 0.176. The van der Waals surface area contributed by atoms with Gasteiger partial charge in [0.25, 0.3) is 0 Å². The topological polar surface area (TPSA) is 172 Å². The summed E-state index contributed by atoms with van der Waals surface area (Å²) in [7, 11) is -11.6. The van der Waals surface area contributed by atoms with Crippen LogP contribution >= 0.6 is 15.2 Å². The average molecular weight is 429 g/mol. The second-order valence-electron chi connectivity index (χ2n) is 5.74. The minimum absolute atomic E-state index is 0. The number of hydrogen-bond acceptors (Lipinski definition) is 7. The van der Waals surface area contributed by atoms with E-state index in [1.807, 2.05) is 0 Å². The molecule has 2 unspecified atom stereocenters. The Balaban J connectivity index is 0. The summed E-state index contributed by atoms with van der Waals surface area (Å²) in [5, 5.41) is 13.2. The molecule has 0 aromatic carbocycles. The zero-order valence-corrected chi connectivity index (χ0v) is 21.2. The minimum Gasteiger partial charge on any atom is -0.776 e. The first kappa shape index (κ1) is 29.6. The van der Waals surface area contributed by atoms with Crippen LogP contribution in [-0.2, 0) is 22.1 Å². The second kappa shape index (κ2) is 12.9. The number of nitrogens with zero attached hydrogens (tertiary/aromatic N) is 3. The van der Waals surface area contributed by atoms with Crippen LogP contribution in [0.3, 0.4) is 0 Å². The molecule has 140 valence electrons. The molecule has 0 spiro atoms. The van der Waals surface area contributed by atoms with E-state index in [0.29, 0.717) is 12.1 Å². The number of aromatic nitrogens is 3. The van der Waals surface area contributed by atoms with Crippen LogP contribution in [0.2, 0.25) is 0 Å². The van der Waals surface area contributed by atoms with Gasteiger partial charge in [-0.1, -0.05) is 44.2 Å². The molecule has 0 saturated carbocycles. The van der Waals surface area contributed by atoms with Crippen molar-refractivity contribution in [3.05, 3.63) is 11.9 Å². The Hall–Kier alpha value is 1.40. The molecule has 26 heavy (non-hydrogen) atoms. The molecule has 0 aliphatic carbocycles. The third kappa shape index (κ3) is 8.82. The average Bonchev–Trinajstić information content (AvgIpc) is 2.87. The number of hydrogen-bond donors (Lipinski definition) is 3. The first-order valence-electron chi connectivity index (χ1n) is 7.70. The van der Waals surface area contributed by atoms with Crippen LogP contribution in [-0.4, -0.2) is 35.0 Å². The Labute approximate surface area is 197 Å². The van der Waals surface area contributed by atoms with Gasteiger partial charge in [0.1, 0.15) is 0 Å². The van der Waals surface area contributed by atoms with Gasteiger partial charge in [0, 0.05) is 6.20 Å². The van der Waals surface area contributed by atoms with Crippen LogP contribution in [0.1, 0.15) is 51.1 Å².